The number of halogens is 1. The Kier molecular flexibility index (Phi) is 5.65. The molecule has 0 amide bonds. The third-order valence-electron chi connectivity index (χ3n) is 5.05. The smallest absolute Gasteiger partial charge is 0.489 e. The highest BCUT2D eigenvalue weighted by atomic mass is 32.1. The van der Waals surface area contributed by atoms with Gasteiger partial charge in [0.1, 0.15) is 18.1 Å². The van der Waals surface area contributed by atoms with E-state index in [9.17, 15) is 4.79 Å². The van der Waals surface area contributed by atoms with Crippen LogP contribution in [0.1, 0.15) is 42.9 Å². The Morgan fingerprint density at radius 1 is 1.14 bits per heavy atom. The fourth-order valence-corrected chi connectivity index (χ4v) is 3.41. The lowest BCUT2D eigenvalue weighted by Crippen LogP contribution is -2.41. The first-order chi connectivity index (χ1) is 13.1. The van der Waals surface area contributed by atoms with E-state index < -0.39 is 30.0 Å². The molecule has 1 aromatic carbocycles. The first-order valence-corrected chi connectivity index (χ1v) is 9.73. The highest BCUT2D eigenvalue weighted by Gasteiger charge is 2.53. The molecule has 2 aromatic rings. The van der Waals surface area contributed by atoms with Gasteiger partial charge in [-0.3, -0.25) is 0 Å². The van der Waals surface area contributed by atoms with E-state index >= 15 is 4.39 Å². The van der Waals surface area contributed by atoms with Crippen LogP contribution in [0, 0.1) is 0 Å². The Morgan fingerprint density at radius 3 is 2.25 bits per heavy atom. The number of aromatic carboxylic acids is 1. The number of rotatable bonds is 6. The largest absolute Gasteiger partial charge is 0.525 e. The van der Waals surface area contributed by atoms with E-state index in [-0.39, 0.29) is 12.2 Å². The van der Waals surface area contributed by atoms with Crippen molar-refractivity contribution in [2.75, 3.05) is 6.61 Å². The molecular weight excluding hydrogens is 382 g/mol. The summed E-state index contributed by atoms with van der Waals surface area (Å²) in [5.74, 6) is -0.571. The minimum Gasteiger partial charge on any atom is -0.489 e. The summed E-state index contributed by atoms with van der Waals surface area (Å²) >= 11 is 1.39. The van der Waals surface area contributed by atoms with Crippen LogP contribution in [0.4, 0.5) is 4.39 Å². The van der Waals surface area contributed by atoms with Gasteiger partial charge in [-0.2, -0.15) is 0 Å². The molecule has 0 radical (unpaired) electrons. The SMILES string of the molecule is CC1(C)OB(C(F)=C(COc2ccc(C(=O)O)cc2)c2cccs2)OC1(C)C. The van der Waals surface area contributed by atoms with Crippen molar-refractivity contribution in [2.24, 2.45) is 0 Å². The molecule has 1 aliphatic rings. The monoisotopic (exact) mass is 404 g/mol. The van der Waals surface area contributed by atoms with E-state index in [0.717, 1.165) is 4.88 Å². The van der Waals surface area contributed by atoms with Crippen molar-refractivity contribution < 1.29 is 28.3 Å². The van der Waals surface area contributed by atoms with E-state index in [1.54, 1.807) is 12.1 Å². The maximum Gasteiger partial charge on any atom is 0.525 e. The first kappa shape index (κ1) is 20.6. The van der Waals surface area contributed by atoms with Crippen LogP contribution in [0.25, 0.3) is 5.57 Å². The molecule has 148 valence electrons. The number of thiophene rings is 1. The molecule has 1 fully saturated rings. The fraction of sp³-hybridized carbons (Fsp3) is 0.350. The van der Waals surface area contributed by atoms with Crippen molar-refractivity contribution in [3.8, 4) is 5.75 Å². The second-order valence-electron chi connectivity index (χ2n) is 7.51. The van der Waals surface area contributed by atoms with Gasteiger partial charge < -0.3 is 19.2 Å². The Labute approximate surface area is 167 Å². The summed E-state index contributed by atoms with van der Waals surface area (Å²) in [7, 11) is -1.11. The molecule has 0 bridgehead atoms. The Bertz CT molecular complexity index is 859. The van der Waals surface area contributed by atoms with Crippen molar-refractivity contribution in [3.63, 3.8) is 0 Å². The second-order valence-corrected chi connectivity index (χ2v) is 8.46. The lowest BCUT2D eigenvalue weighted by atomic mass is 9.84. The number of ether oxygens (including phenoxy) is 1. The predicted molar refractivity (Wildman–Crippen MR) is 107 cm³/mol. The summed E-state index contributed by atoms with van der Waals surface area (Å²) in [5, 5.41) is 10.8. The molecule has 5 nitrogen and oxygen atoms in total. The number of benzene rings is 1. The summed E-state index contributed by atoms with van der Waals surface area (Å²) in [4.78, 5) is 11.7. The van der Waals surface area contributed by atoms with E-state index in [1.807, 2.05) is 45.2 Å². The van der Waals surface area contributed by atoms with Crippen molar-refractivity contribution in [1.82, 2.24) is 0 Å². The van der Waals surface area contributed by atoms with E-state index in [1.165, 1.54) is 23.5 Å². The molecule has 1 aliphatic heterocycles. The average molecular weight is 404 g/mol. The van der Waals surface area contributed by atoms with Gasteiger partial charge in [-0.25, -0.2) is 9.18 Å². The van der Waals surface area contributed by atoms with E-state index in [0.29, 0.717) is 11.3 Å². The molecule has 1 N–H and O–H groups in total. The summed E-state index contributed by atoms with van der Waals surface area (Å²) in [6.07, 6.45) is 0. The van der Waals surface area contributed by atoms with Crippen molar-refractivity contribution in [2.45, 2.75) is 38.9 Å². The van der Waals surface area contributed by atoms with Crippen LogP contribution in [0.3, 0.4) is 0 Å². The van der Waals surface area contributed by atoms with Crippen LogP contribution in [0.2, 0.25) is 0 Å². The molecule has 0 atom stereocenters. The molecular formula is C20H22BFO5S. The third kappa shape index (κ3) is 4.14. The zero-order chi connectivity index (χ0) is 20.5. The molecule has 3 rings (SSSR count). The molecule has 1 saturated heterocycles. The van der Waals surface area contributed by atoms with Crippen LogP contribution >= 0.6 is 11.3 Å². The maximum absolute atomic E-state index is 15.4. The molecule has 0 spiro atoms. The lowest BCUT2D eigenvalue weighted by molar-refractivity contribution is 0.00578. The van der Waals surface area contributed by atoms with Crippen LogP contribution in [0.5, 0.6) is 5.75 Å². The van der Waals surface area contributed by atoms with Crippen molar-refractivity contribution in [3.05, 3.63) is 57.9 Å². The van der Waals surface area contributed by atoms with Gasteiger partial charge in [0.25, 0.3) is 0 Å². The summed E-state index contributed by atoms with van der Waals surface area (Å²) in [5.41, 5.74) is -1.32. The number of carboxylic acids is 1. The van der Waals surface area contributed by atoms with Crippen molar-refractivity contribution >= 4 is 30.0 Å². The van der Waals surface area contributed by atoms with Crippen LogP contribution in [-0.2, 0) is 9.31 Å². The number of carboxylic acid groups (broad SMARTS) is 1. The minimum atomic E-state index is -1.11. The summed E-state index contributed by atoms with van der Waals surface area (Å²) < 4.78 is 32.7. The van der Waals surface area contributed by atoms with Gasteiger partial charge in [0, 0.05) is 10.5 Å². The molecule has 0 aliphatic carbocycles. The highest BCUT2D eigenvalue weighted by molar-refractivity contribution is 7.11. The van der Waals surface area contributed by atoms with Crippen LogP contribution in [-0.4, -0.2) is 36.0 Å². The van der Waals surface area contributed by atoms with E-state index in [2.05, 4.69) is 0 Å². The van der Waals surface area contributed by atoms with E-state index in [4.69, 9.17) is 19.2 Å². The van der Waals surface area contributed by atoms with Crippen LogP contribution in [0.15, 0.2) is 47.5 Å². The maximum atomic E-state index is 15.4. The summed E-state index contributed by atoms with van der Waals surface area (Å²) in [6.45, 7) is 7.43. The quantitative estimate of drug-likeness (QED) is 0.699. The Morgan fingerprint density at radius 2 is 1.75 bits per heavy atom. The normalized spacial score (nSPS) is 18.7. The topological polar surface area (TPSA) is 65.0 Å². The standard InChI is InChI=1S/C20H22BFO5S/c1-19(2)20(3,4)27-21(26-19)17(22)15(16-6-5-11-28-16)12-25-14-9-7-13(8-10-14)18(23)24/h5-11H,12H2,1-4H3,(H,23,24). The fourth-order valence-electron chi connectivity index (χ4n) is 2.65. The number of carbonyl (C=O) groups is 1. The Balaban J connectivity index is 1.84. The number of hydrogen-bond acceptors (Lipinski definition) is 5. The van der Waals surface area contributed by atoms with Gasteiger partial charge in [-0.05, 0) is 63.4 Å². The summed E-state index contributed by atoms with van der Waals surface area (Å²) in [6, 6.07) is 9.61. The van der Waals surface area contributed by atoms with Gasteiger partial charge in [0.15, 0.2) is 0 Å². The molecule has 8 heteroatoms. The highest BCUT2D eigenvalue weighted by Crippen LogP contribution is 2.40. The molecule has 2 heterocycles. The lowest BCUT2D eigenvalue weighted by Gasteiger charge is -2.32. The predicted octanol–water partition coefficient (Wildman–Crippen LogP) is 4.84. The zero-order valence-corrected chi connectivity index (χ0v) is 17.0. The van der Waals surface area contributed by atoms with Crippen LogP contribution < -0.4 is 4.74 Å². The second kappa shape index (κ2) is 7.70. The average Bonchev–Trinajstić information content (AvgIpc) is 3.22. The Hall–Kier alpha value is -2.16. The molecule has 28 heavy (non-hydrogen) atoms. The van der Waals surface area contributed by atoms with Gasteiger partial charge in [0.05, 0.1) is 16.8 Å². The molecule has 1 aromatic heterocycles. The zero-order valence-electron chi connectivity index (χ0n) is 16.2. The minimum absolute atomic E-state index is 0.0388. The molecule has 0 saturated carbocycles. The first-order valence-electron chi connectivity index (χ1n) is 8.85. The van der Waals surface area contributed by atoms with Gasteiger partial charge in [0.2, 0.25) is 0 Å². The van der Waals surface area contributed by atoms with Gasteiger partial charge >= 0.3 is 13.1 Å². The van der Waals surface area contributed by atoms with Gasteiger partial charge in [-0.1, -0.05) is 6.07 Å². The van der Waals surface area contributed by atoms with Gasteiger partial charge in [-0.15, -0.1) is 11.3 Å². The number of hydrogen-bond donors (Lipinski definition) is 1. The third-order valence-corrected chi connectivity index (χ3v) is 5.98. The van der Waals surface area contributed by atoms with Crippen molar-refractivity contribution in [1.29, 1.82) is 0 Å². The molecule has 0 unspecified atom stereocenters.